The third-order valence-corrected chi connectivity index (χ3v) is 4.55. The van der Waals surface area contributed by atoms with Crippen molar-refractivity contribution < 1.29 is 27.2 Å². The Morgan fingerprint density at radius 3 is 2.65 bits per heavy atom. The summed E-state index contributed by atoms with van der Waals surface area (Å²) in [7, 11) is 0. The van der Waals surface area contributed by atoms with Gasteiger partial charge in [0.1, 0.15) is 5.82 Å². The number of benzene rings is 2. The Morgan fingerprint density at radius 1 is 1.19 bits per heavy atom. The molecule has 1 aliphatic rings. The van der Waals surface area contributed by atoms with Gasteiger partial charge in [-0.15, -0.1) is 0 Å². The number of anilines is 2. The fourth-order valence-corrected chi connectivity index (χ4v) is 3.30. The molecule has 1 atom stereocenters. The lowest BCUT2D eigenvalue weighted by Crippen LogP contribution is -2.31. The number of alkyl halides is 3. The molecule has 0 aromatic heterocycles. The maximum Gasteiger partial charge on any atom is 0.446 e. The molecule has 1 aliphatic heterocycles. The topological polar surface area (TPSA) is 58.2 Å². The molecule has 4 nitrogen and oxygen atoms in total. The Kier molecular flexibility index (Phi) is 4.90. The number of hydrogen-bond acceptors (Lipinski definition) is 3. The fourth-order valence-electron chi connectivity index (χ4n) is 2.67. The Balaban J connectivity index is 1.87. The van der Waals surface area contributed by atoms with E-state index in [1.807, 2.05) is 0 Å². The van der Waals surface area contributed by atoms with Crippen molar-refractivity contribution >= 4 is 35.0 Å². The van der Waals surface area contributed by atoms with E-state index in [9.17, 15) is 27.2 Å². The van der Waals surface area contributed by atoms with Crippen LogP contribution in [0.2, 0.25) is 0 Å². The third kappa shape index (κ3) is 4.16. The van der Waals surface area contributed by atoms with Crippen molar-refractivity contribution in [3.05, 3.63) is 53.8 Å². The molecule has 0 radical (unpaired) electrons. The van der Waals surface area contributed by atoms with Crippen molar-refractivity contribution in [1.29, 1.82) is 0 Å². The molecule has 2 N–H and O–H groups in total. The predicted octanol–water partition coefficient (Wildman–Crippen LogP) is 4.50. The van der Waals surface area contributed by atoms with E-state index in [0.29, 0.717) is 5.56 Å². The van der Waals surface area contributed by atoms with Crippen molar-refractivity contribution in [1.82, 2.24) is 0 Å². The molecular weight excluding hydrogens is 372 g/mol. The van der Waals surface area contributed by atoms with E-state index in [2.05, 4.69) is 10.6 Å². The van der Waals surface area contributed by atoms with Gasteiger partial charge in [-0.2, -0.15) is 13.2 Å². The molecule has 2 aromatic rings. The lowest BCUT2D eigenvalue weighted by molar-refractivity contribution is -0.123. The highest BCUT2D eigenvalue weighted by Crippen LogP contribution is 2.41. The van der Waals surface area contributed by atoms with Crippen LogP contribution in [0.4, 0.5) is 28.9 Å². The van der Waals surface area contributed by atoms with Crippen LogP contribution >= 0.6 is 11.8 Å². The van der Waals surface area contributed by atoms with Gasteiger partial charge in [0, 0.05) is 17.0 Å². The highest BCUT2D eigenvalue weighted by Gasteiger charge is 2.33. The van der Waals surface area contributed by atoms with Gasteiger partial charge < -0.3 is 10.6 Å². The number of carbonyl (C=O) groups excluding carboxylic acids is 2. The quantitative estimate of drug-likeness (QED) is 0.605. The Bertz CT molecular complexity index is 870. The van der Waals surface area contributed by atoms with E-state index in [-0.39, 0.29) is 34.5 Å². The van der Waals surface area contributed by atoms with Gasteiger partial charge in [0.2, 0.25) is 11.8 Å². The van der Waals surface area contributed by atoms with Crippen LogP contribution in [0.1, 0.15) is 17.9 Å². The van der Waals surface area contributed by atoms with Crippen molar-refractivity contribution in [3.63, 3.8) is 0 Å². The van der Waals surface area contributed by atoms with Gasteiger partial charge in [-0.05, 0) is 41.6 Å². The number of rotatable bonds is 3. The Labute approximate surface area is 150 Å². The molecule has 1 unspecified atom stereocenters. The largest absolute Gasteiger partial charge is 0.446 e. The summed E-state index contributed by atoms with van der Waals surface area (Å²) in [6, 6.07) is 9.14. The SMILES string of the molecule is O=C1CC(C(=O)Nc2ccccc2SC(F)(F)F)c2ccc(F)cc2N1. The maximum atomic E-state index is 13.3. The first-order valence-corrected chi connectivity index (χ1v) is 8.29. The van der Waals surface area contributed by atoms with Crippen molar-refractivity contribution in [2.24, 2.45) is 0 Å². The molecule has 136 valence electrons. The molecular formula is C17H12F4N2O2S. The first kappa shape index (κ1) is 18.2. The zero-order valence-electron chi connectivity index (χ0n) is 13.1. The molecule has 0 aliphatic carbocycles. The molecule has 0 saturated carbocycles. The van der Waals surface area contributed by atoms with Crippen LogP contribution in [0.5, 0.6) is 0 Å². The number of para-hydroxylation sites is 1. The van der Waals surface area contributed by atoms with Crippen LogP contribution in [0, 0.1) is 5.82 Å². The van der Waals surface area contributed by atoms with Crippen LogP contribution in [0.25, 0.3) is 0 Å². The van der Waals surface area contributed by atoms with E-state index in [4.69, 9.17) is 0 Å². The number of nitrogens with one attached hydrogen (secondary N) is 2. The second kappa shape index (κ2) is 6.99. The molecule has 9 heteroatoms. The van der Waals surface area contributed by atoms with Gasteiger partial charge >= 0.3 is 5.51 Å². The molecule has 0 fully saturated rings. The summed E-state index contributed by atoms with van der Waals surface area (Å²) in [5.41, 5.74) is -3.92. The molecule has 1 heterocycles. The van der Waals surface area contributed by atoms with Gasteiger partial charge in [0.05, 0.1) is 11.6 Å². The first-order chi connectivity index (χ1) is 12.2. The number of halogens is 4. The number of hydrogen-bond donors (Lipinski definition) is 2. The van der Waals surface area contributed by atoms with E-state index in [1.165, 1.54) is 30.3 Å². The monoisotopic (exact) mass is 384 g/mol. The third-order valence-electron chi connectivity index (χ3n) is 3.74. The zero-order chi connectivity index (χ0) is 18.9. The molecule has 0 bridgehead atoms. The minimum atomic E-state index is -4.50. The zero-order valence-corrected chi connectivity index (χ0v) is 13.9. The summed E-state index contributed by atoms with van der Waals surface area (Å²) in [6.45, 7) is 0. The minimum Gasteiger partial charge on any atom is -0.326 e. The summed E-state index contributed by atoms with van der Waals surface area (Å²) >= 11 is -0.339. The van der Waals surface area contributed by atoms with Crippen molar-refractivity contribution in [2.45, 2.75) is 22.7 Å². The van der Waals surface area contributed by atoms with Gasteiger partial charge in [-0.25, -0.2) is 4.39 Å². The highest BCUT2D eigenvalue weighted by molar-refractivity contribution is 8.00. The number of amides is 2. The van der Waals surface area contributed by atoms with E-state index >= 15 is 0 Å². The Hall–Kier alpha value is -2.55. The summed E-state index contributed by atoms with van der Waals surface area (Å²) in [5.74, 6) is -2.61. The average molecular weight is 384 g/mol. The molecule has 3 rings (SSSR count). The number of fused-ring (bicyclic) bond motifs is 1. The summed E-state index contributed by atoms with van der Waals surface area (Å²) < 4.78 is 51.3. The number of carbonyl (C=O) groups is 2. The summed E-state index contributed by atoms with van der Waals surface area (Å²) in [6.07, 6.45) is -0.182. The second-order valence-corrected chi connectivity index (χ2v) is 6.68. The Morgan fingerprint density at radius 2 is 1.92 bits per heavy atom. The fraction of sp³-hybridized carbons (Fsp3) is 0.176. The van der Waals surface area contributed by atoms with Crippen LogP contribution in [-0.4, -0.2) is 17.3 Å². The van der Waals surface area contributed by atoms with Crippen molar-refractivity contribution in [2.75, 3.05) is 10.6 Å². The van der Waals surface area contributed by atoms with E-state index < -0.39 is 29.1 Å². The lowest BCUT2D eigenvalue weighted by Gasteiger charge is -2.25. The average Bonchev–Trinajstić information content (AvgIpc) is 2.54. The molecule has 2 aromatic carbocycles. The second-order valence-electron chi connectivity index (χ2n) is 5.57. The van der Waals surface area contributed by atoms with Crippen LogP contribution in [0.15, 0.2) is 47.4 Å². The van der Waals surface area contributed by atoms with Gasteiger partial charge in [0.25, 0.3) is 0 Å². The van der Waals surface area contributed by atoms with Gasteiger partial charge in [0.15, 0.2) is 0 Å². The standard InChI is InChI=1S/C17H12F4N2O2S/c18-9-5-6-10-11(8-15(24)22-13(10)7-9)16(25)23-12-3-1-2-4-14(12)26-17(19,20)21/h1-7,11H,8H2,(H,22,24)(H,23,25). The normalized spacial score (nSPS) is 16.6. The van der Waals surface area contributed by atoms with E-state index in [0.717, 1.165) is 12.1 Å². The predicted molar refractivity (Wildman–Crippen MR) is 89.4 cm³/mol. The first-order valence-electron chi connectivity index (χ1n) is 7.48. The lowest BCUT2D eigenvalue weighted by atomic mass is 9.89. The molecule has 0 spiro atoms. The van der Waals surface area contributed by atoms with E-state index in [1.54, 1.807) is 0 Å². The van der Waals surface area contributed by atoms with Crippen LogP contribution in [-0.2, 0) is 9.59 Å². The minimum absolute atomic E-state index is 0.00512. The molecule has 2 amide bonds. The molecule has 0 saturated heterocycles. The number of thioether (sulfide) groups is 1. The maximum absolute atomic E-state index is 13.3. The van der Waals surface area contributed by atoms with Crippen molar-refractivity contribution in [3.8, 4) is 0 Å². The molecule has 26 heavy (non-hydrogen) atoms. The highest BCUT2D eigenvalue weighted by atomic mass is 32.2. The van der Waals surface area contributed by atoms with Crippen LogP contribution < -0.4 is 10.6 Å². The summed E-state index contributed by atoms with van der Waals surface area (Å²) in [5, 5.41) is 4.93. The van der Waals surface area contributed by atoms with Gasteiger partial charge in [-0.1, -0.05) is 18.2 Å². The smallest absolute Gasteiger partial charge is 0.326 e. The van der Waals surface area contributed by atoms with Gasteiger partial charge in [-0.3, -0.25) is 9.59 Å². The van der Waals surface area contributed by atoms with Crippen LogP contribution in [0.3, 0.4) is 0 Å². The summed E-state index contributed by atoms with van der Waals surface area (Å²) in [4.78, 5) is 24.2.